The predicted octanol–water partition coefficient (Wildman–Crippen LogP) is 3.23. The van der Waals surface area contributed by atoms with Crippen LogP contribution < -0.4 is 5.32 Å². The first-order chi connectivity index (χ1) is 7.90. The van der Waals surface area contributed by atoms with E-state index in [1.165, 1.54) is 0 Å². The summed E-state index contributed by atoms with van der Waals surface area (Å²) in [5.74, 6) is 0. The molecule has 1 N–H and O–H groups in total. The molecule has 3 heteroatoms. The van der Waals surface area contributed by atoms with Gasteiger partial charge in [0.05, 0.1) is 5.69 Å². The standard InChI is InChI=1S/C13H13NOS/c15-10-14-12-8-4-5-9-13(12)16-11-6-2-1-3-7-11/h1-6,8-11H,7H2,(H,14,15). The third kappa shape index (κ3) is 2.76. The quantitative estimate of drug-likeness (QED) is 0.806. The summed E-state index contributed by atoms with van der Waals surface area (Å²) in [6.07, 6.45) is 10.2. The molecule has 1 aromatic carbocycles. The average Bonchev–Trinajstić information content (AvgIpc) is 2.33. The summed E-state index contributed by atoms with van der Waals surface area (Å²) in [4.78, 5) is 11.6. The monoisotopic (exact) mass is 231 g/mol. The fourth-order valence-electron chi connectivity index (χ4n) is 1.56. The van der Waals surface area contributed by atoms with Gasteiger partial charge < -0.3 is 5.32 Å². The molecule has 1 aliphatic carbocycles. The van der Waals surface area contributed by atoms with Crippen LogP contribution in [0.2, 0.25) is 0 Å². The molecule has 0 bridgehead atoms. The lowest BCUT2D eigenvalue weighted by atomic mass is 10.2. The van der Waals surface area contributed by atoms with E-state index in [2.05, 4.69) is 29.6 Å². The van der Waals surface area contributed by atoms with Crippen molar-refractivity contribution >= 4 is 23.9 Å². The van der Waals surface area contributed by atoms with Crippen molar-refractivity contribution in [1.29, 1.82) is 0 Å². The Morgan fingerprint density at radius 2 is 2.19 bits per heavy atom. The minimum atomic E-state index is 0.458. The molecule has 1 atom stereocenters. The summed E-state index contributed by atoms with van der Waals surface area (Å²) in [6.45, 7) is 0. The second-order valence-electron chi connectivity index (χ2n) is 3.46. The van der Waals surface area contributed by atoms with E-state index in [9.17, 15) is 4.79 Å². The van der Waals surface area contributed by atoms with Gasteiger partial charge in [0, 0.05) is 10.1 Å². The molecule has 1 unspecified atom stereocenters. The first-order valence-electron chi connectivity index (χ1n) is 5.19. The van der Waals surface area contributed by atoms with Gasteiger partial charge in [-0.2, -0.15) is 0 Å². The highest BCUT2D eigenvalue weighted by Gasteiger charge is 2.09. The van der Waals surface area contributed by atoms with Gasteiger partial charge in [-0.25, -0.2) is 0 Å². The number of carbonyl (C=O) groups is 1. The molecule has 0 heterocycles. The number of nitrogens with one attached hydrogen (secondary N) is 1. The first-order valence-corrected chi connectivity index (χ1v) is 6.07. The van der Waals surface area contributed by atoms with Gasteiger partial charge in [0.25, 0.3) is 0 Å². The molecule has 0 saturated heterocycles. The lowest BCUT2D eigenvalue weighted by Gasteiger charge is -2.14. The predicted molar refractivity (Wildman–Crippen MR) is 68.7 cm³/mol. The molecule has 2 rings (SSSR count). The second-order valence-corrected chi connectivity index (χ2v) is 4.74. The van der Waals surface area contributed by atoms with Crippen LogP contribution in [0.5, 0.6) is 0 Å². The van der Waals surface area contributed by atoms with Gasteiger partial charge in [-0.15, -0.1) is 11.8 Å². The molecule has 16 heavy (non-hydrogen) atoms. The second kappa shape index (κ2) is 5.56. The molecule has 0 radical (unpaired) electrons. The molecule has 2 nitrogen and oxygen atoms in total. The van der Waals surface area contributed by atoms with Crippen molar-refractivity contribution in [2.45, 2.75) is 16.6 Å². The molecule has 1 aliphatic rings. The zero-order valence-electron chi connectivity index (χ0n) is 8.80. The Balaban J connectivity index is 2.10. The summed E-state index contributed by atoms with van der Waals surface area (Å²) in [5.41, 5.74) is 0.880. The van der Waals surface area contributed by atoms with E-state index < -0.39 is 0 Å². The van der Waals surface area contributed by atoms with Crippen molar-refractivity contribution in [1.82, 2.24) is 0 Å². The molecule has 0 aliphatic heterocycles. The van der Waals surface area contributed by atoms with E-state index in [-0.39, 0.29) is 0 Å². The van der Waals surface area contributed by atoms with Crippen LogP contribution >= 0.6 is 11.8 Å². The van der Waals surface area contributed by atoms with E-state index >= 15 is 0 Å². The first kappa shape index (κ1) is 11.0. The van der Waals surface area contributed by atoms with Crippen LogP contribution in [0.4, 0.5) is 5.69 Å². The van der Waals surface area contributed by atoms with Crippen LogP contribution in [0, 0.1) is 0 Å². The largest absolute Gasteiger partial charge is 0.328 e. The van der Waals surface area contributed by atoms with E-state index in [0.717, 1.165) is 23.4 Å². The van der Waals surface area contributed by atoms with Crippen molar-refractivity contribution < 1.29 is 4.79 Å². The Morgan fingerprint density at radius 1 is 1.31 bits per heavy atom. The highest BCUT2D eigenvalue weighted by atomic mass is 32.2. The molecular weight excluding hydrogens is 218 g/mol. The highest BCUT2D eigenvalue weighted by molar-refractivity contribution is 8.00. The van der Waals surface area contributed by atoms with Gasteiger partial charge in [-0.1, -0.05) is 36.4 Å². The van der Waals surface area contributed by atoms with Crippen molar-refractivity contribution in [2.24, 2.45) is 0 Å². The maximum absolute atomic E-state index is 10.5. The van der Waals surface area contributed by atoms with Gasteiger partial charge in [0.2, 0.25) is 6.41 Å². The molecule has 1 amide bonds. The number of hydrogen-bond donors (Lipinski definition) is 1. The number of thioether (sulfide) groups is 1. The number of amides is 1. The van der Waals surface area contributed by atoms with Gasteiger partial charge in [-0.3, -0.25) is 4.79 Å². The number of benzene rings is 1. The third-order valence-electron chi connectivity index (χ3n) is 2.32. The van der Waals surface area contributed by atoms with Crippen molar-refractivity contribution in [2.75, 3.05) is 5.32 Å². The van der Waals surface area contributed by atoms with Crippen LogP contribution in [0.15, 0.2) is 53.5 Å². The normalized spacial score (nSPS) is 18.4. The van der Waals surface area contributed by atoms with Gasteiger partial charge in [-0.05, 0) is 18.6 Å². The molecule has 0 spiro atoms. The van der Waals surface area contributed by atoms with Crippen molar-refractivity contribution in [3.63, 3.8) is 0 Å². The maximum Gasteiger partial charge on any atom is 0.211 e. The SMILES string of the molecule is O=CNc1ccccc1SC1C=CC=CC1. The fraction of sp³-hybridized carbons (Fsp3) is 0.154. The number of hydrogen-bond acceptors (Lipinski definition) is 2. The molecule has 1 aromatic rings. The number of allylic oxidation sites excluding steroid dienone is 3. The highest BCUT2D eigenvalue weighted by Crippen LogP contribution is 2.33. The summed E-state index contributed by atoms with van der Waals surface area (Å²) in [6, 6.07) is 7.86. The molecule has 82 valence electrons. The van der Waals surface area contributed by atoms with Crippen LogP contribution in [-0.2, 0) is 4.79 Å². The zero-order valence-corrected chi connectivity index (χ0v) is 9.61. The Labute approximate surface area is 99.4 Å². The van der Waals surface area contributed by atoms with Gasteiger partial charge >= 0.3 is 0 Å². The zero-order chi connectivity index (χ0) is 11.2. The van der Waals surface area contributed by atoms with E-state index in [0.29, 0.717) is 5.25 Å². The Morgan fingerprint density at radius 3 is 2.94 bits per heavy atom. The lowest BCUT2D eigenvalue weighted by Crippen LogP contribution is -2.01. The van der Waals surface area contributed by atoms with Crippen LogP contribution in [0.3, 0.4) is 0 Å². The van der Waals surface area contributed by atoms with E-state index in [1.807, 2.05) is 24.3 Å². The topological polar surface area (TPSA) is 29.1 Å². The Bertz CT molecular complexity index is 426. The number of rotatable bonds is 4. The Hall–Kier alpha value is -1.48. The van der Waals surface area contributed by atoms with Crippen molar-refractivity contribution in [3.8, 4) is 0 Å². The summed E-state index contributed by atoms with van der Waals surface area (Å²) in [7, 11) is 0. The fourth-order valence-corrected chi connectivity index (χ4v) is 2.67. The molecule has 0 saturated carbocycles. The van der Waals surface area contributed by atoms with Crippen LogP contribution in [0.1, 0.15) is 6.42 Å². The number of para-hydroxylation sites is 1. The van der Waals surface area contributed by atoms with Crippen LogP contribution in [0.25, 0.3) is 0 Å². The molecular formula is C13H13NOS. The van der Waals surface area contributed by atoms with E-state index in [1.54, 1.807) is 11.8 Å². The third-order valence-corrected chi connectivity index (χ3v) is 3.58. The lowest BCUT2D eigenvalue weighted by molar-refractivity contribution is -0.105. The van der Waals surface area contributed by atoms with Gasteiger partial charge in [0.1, 0.15) is 0 Å². The molecule has 0 aromatic heterocycles. The summed E-state index contributed by atoms with van der Waals surface area (Å²) >= 11 is 1.77. The Kier molecular flexibility index (Phi) is 3.83. The minimum absolute atomic E-state index is 0.458. The van der Waals surface area contributed by atoms with Gasteiger partial charge in [0.15, 0.2) is 0 Å². The number of carbonyl (C=O) groups excluding carboxylic acids is 1. The number of anilines is 1. The summed E-state index contributed by atoms with van der Waals surface area (Å²) < 4.78 is 0. The molecule has 0 fully saturated rings. The smallest absolute Gasteiger partial charge is 0.211 e. The average molecular weight is 231 g/mol. The van der Waals surface area contributed by atoms with Crippen molar-refractivity contribution in [3.05, 3.63) is 48.6 Å². The van der Waals surface area contributed by atoms with Crippen LogP contribution in [-0.4, -0.2) is 11.7 Å². The summed E-state index contributed by atoms with van der Waals surface area (Å²) in [5, 5.41) is 3.18. The maximum atomic E-state index is 10.5. The minimum Gasteiger partial charge on any atom is -0.328 e. The van der Waals surface area contributed by atoms with E-state index in [4.69, 9.17) is 0 Å².